The molecule has 1 saturated heterocycles. The first-order valence-corrected chi connectivity index (χ1v) is 7.98. The second-order valence-electron chi connectivity index (χ2n) is 5.30. The molecule has 1 heterocycles. The minimum Gasteiger partial charge on any atom is -0.374 e. The van der Waals surface area contributed by atoms with Gasteiger partial charge in [0.25, 0.3) is 0 Å². The monoisotopic (exact) mass is 334 g/mol. The quantitative estimate of drug-likeness (QED) is 0.834. The van der Waals surface area contributed by atoms with Gasteiger partial charge in [-0.3, -0.25) is 4.90 Å². The fourth-order valence-electron chi connectivity index (χ4n) is 2.48. The Morgan fingerprint density at radius 1 is 1.43 bits per heavy atom. The van der Waals surface area contributed by atoms with Crippen molar-refractivity contribution in [2.75, 3.05) is 32.8 Å². The van der Waals surface area contributed by atoms with Crippen LogP contribution in [0.1, 0.15) is 25.5 Å². The highest BCUT2D eigenvalue weighted by Crippen LogP contribution is 2.28. The second kappa shape index (κ2) is 7.75. The molecule has 21 heavy (non-hydrogen) atoms. The van der Waals surface area contributed by atoms with Crippen LogP contribution >= 0.6 is 23.2 Å². The molecule has 0 amide bonds. The van der Waals surface area contributed by atoms with E-state index in [-0.39, 0.29) is 17.2 Å². The van der Waals surface area contributed by atoms with Crippen molar-refractivity contribution in [1.82, 2.24) is 10.2 Å². The molecule has 0 spiro atoms. The number of benzene rings is 1. The fraction of sp³-hybridized carbons (Fsp3) is 0.600. The highest BCUT2D eigenvalue weighted by molar-refractivity contribution is 6.35. The Bertz CT molecular complexity index is 487. The van der Waals surface area contributed by atoms with Gasteiger partial charge in [0.2, 0.25) is 0 Å². The molecule has 0 radical (unpaired) electrons. The van der Waals surface area contributed by atoms with Gasteiger partial charge in [0.15, 0.2) is 0 Å². The minimum atomic E-state index is -0.448. The third-order valence-electron chi connectivity index (χ3n) is 3.83. The van der Waals surface area contributed by atoms with E-state index < -0.39 is 5.82 Å². The van der Waals surface area contributed by atoms with E-state index in [1.54, 1.807) is 0 Å². The first-order chi connectivity index (χ1) is 10.0. The number of morpholine rings is 1. The van der Waals surface area contributed by atoms with E-state index in [1.165, 1.54) is 12.1 Å². The van der Waals surface area contributed by atoms with Crippen LogP contribution in [-0.2, 0) is 4.74 Å². The summed E-state index contributed by atoms with van der Waals surface area (Å²) in [6, 6.07) is 2.77. The zero-order valence-corrected chi connectivity index (χ0v) is 13.8. The van der Waals surface area contributed by atoms with Gasteiger partial charge in [0.1, 0.15) is 5.82 Å². The number of likely N-dealkylation sites (N-methyl/N-ethyl adjacent to an activating group) is 1. The van der Waals surface area contributed by atoms with Crippen LogP contribution in [0.4, 0.5) is 4.39 Å². The van der Waals surface area contributed by atoms with Crippen molar-refractivity contribution in [3.05, 3.63) is 33.6 Å². The number of halogens is 3. The molecule has 1 fully saturated rings. The van der Waals surface area contributed by atoms with Gasteiger partial charge in [-0.2, -0.15) is 0 Å². The Labute approximate surface area is 135 Å². The van der Waals surface area contributed by atoms with Crippen LogP contribution in [0.25, 0.3) is 0 Å². The Kier molecular flexibility index (Phi) is 6.26. The zero-order valence-electron chi connectivity index (χ0n) is 12.3. The first kappa shape index (κ1) is 17.0. The molecular weight excluding hydrogens is 314 g/mol. The molecule has 1 aliphatic rings. The summed E-state index contributed by atoms with van der Waals surface area (Å²) < 4.78 is 19.3. The lowest BCUT2D eigenvalue weighted by Gasteiger charge is -2.33. The van der Waals surface area contributed by atoms with Gasteiger partial charge in [0.05, 0.1) is 17.7 Å². The van der Waals surface area contributed by atoms with Crippen LogP contribution in [0, 0.1) is 5.82 Å². The van der Waals surface area contributed by atoms with Crippen LogP contribution in [0.2, 0.25) is 10.0 Å². The Hall–Kier alpha value is -0.390. The Morgan fingerprint density at radius 2 is 2.19 bits per heavy atom. The van der Waals surface area contributed by atoms with E-state index in [2.05, 4.69) is 17.1 Å². The van der Waals surface area contributed by atoms with Gasteiger partial charge >= 0.3 is 0 Å². The summed E-state index contributed by atoms with van der Waals surface area (Å²) in [6.45, 7) is 8.49. The summed E-state index contributed by atoms with van der Waals surface area (Å²) in [4.78, 5) is 2.36. The second-order valence-corrected chi connectivity index (χ2v) is 6.12. The molecule has 1 aromatic carbocycles. The van der Waals surface area contributed by atoms with Crippen LogP contribution in [-0.4, -0.2) is 43.8 Å². The van der Waals surface area contributed by atoms with Crippen molar-refractivity contribution in [1.29, 1.82) is 0 Å². The third-order valence-corrected chi connectivity index (χ3v) is 4.44. The first-order valence-electron chi connectivity index (χ1n) is 7.23. The SMILES string of the molecule is CCN1CCOC(CNC(C)c2cc(F)c(Cl)cc2Cl)C1. The molecule has 2 unspecified atom stereocenters. The third kappa shape index (κ3) is 4.54. The molecule has 0 aliphatic carbocycles. The maximum Gasteiger partial charge on any atom is 0.142 e. The normalized spacial score (nSPS) is 21.5. The van der Waals surface area contributed by atoms with Gasteiger partial charge in [0, 0.05) is 30.7 Å². The number of nitrogens with one attached hydrogen (secondary N) is 1. The standard InChI is InChI=1S/C15H21Cl2FN2O/c1-3-20-4-5-21-11(9-20)8-19-10(2)12-6-15(18)14(17)7-13(12)16/h6-7,10-11,19H,3-5,8-9H2,1-2H3. The van der Waals surface area contributed by atoms with Gasteiger partial charge < -0.3 is 10.1 Å². The zero-order chi connectivity index (χ0) is 15.4. The molecule has 1 N–H and O–H groups in total. The van der Waals surface area contributed by atoms with Crippen LogP contribution in [0.15, 0.2) is 12.1 Å². The fourth-order valence-corrected chi connectivity index (χ4v) is 3.03. The number of hydrogen-bond donors (Lipinski definition) is 1. The van der Waals surface area contributed by atoms with Crippen molar-refractivity contribution in [2.24, 2.45) is 0 Å². The largest absolute Gasteiger partial charge is 0.374 e. The number of hydrogen-bond acceptors (Lipinski definition) is 3. The average molecular weight is 335 g/mol. The van der Waals surface area contributed by atoms with Crippen molar-refractivity contribution < 1.29 is 9.13 Å². The minimum absolute atomic E-state index is 0.0464. The van der Waals surface area contributed by atoms with E-state index in [9.17, 15) is 4.39 Å². The molecule has 0 saturated carbocycles. The Morgan fingerprint density at radius 3 is 2.90 bits per heavy atom. The number of ether oxygens (including phenoxy) is 1. The molecule has 1 aromatic rings. The smallest absolute Gasteiger partial charge is 0.142 e. The molecule has 2 atom stereocenters. The lowest BCUT2D eigenvalue weighted by Crippen LogP contribution is -2.46. The van der Waals surface area contributed by atoms with E-state index in [1.807, 2.05) is 6.92 Å². The molecule has 1 aliphatic heterocycles. The molecule has 3 nitrogen and oxygen atoms in total. The van der Waals surface area contributed by atoms with Gasteiger partial charge in [-0.05, 0) is 31.2 Å². The predicted octanol–water partition coefficient (Wildman–Crippen LogP) is 3.50. The van der Waals surface area contributed by atoms with Crippen molar-refractivity contribution >= 4 is 23.2 Å². The van der Waals surface area contributed by atoms with Gasteiger partial charge in [-0.25, -0.2) is 4.39 Å². The molecule has 0 bridgehead atoms. The van der Waals surface area contributed by atoms with Crippen molar-refractivity contribution in [3.8, 4) is 0 Å². The summed E-state index contributed by atoms with van der Waals surface area (Å²) in [5.74, 6) is -0.448. The van der Waals surface area contributed by atoms with Crippen molar-refractivity contribution in [3.63, 3.8) is 0 Å². The summed E-state index contributed by atoms with van der Waals surface area (Å²) in [5.41, 5.74) is 0.710. The van der Waals surface area contributed by atoms with E-state index in [4.69, 9.17) is 27.9 Å². The summed E-state index contributed by atoms with van der Waals surface area (Å²) in [7, 11) is 0. The maximum atomic E-state index is 13.6. The van der Waals surface area contributed by atoms with E-state index in [0.717, 1.165) is 26.2 Å². The van der Waals surface area contributed by atoms with Crippen molar-refractivity contribution in [2.45, 2.75) is 26.0 Å². The summed E-state index contributed by atoms with van der Waals surface area (Å²) in [5, 5.41) is 3.87. The average Bonchev–Trinajstić information content (AvgIpc) is 2.48. The lowest BCUT2D eigenvalue weighted by molar-refractivity contribution is -0.0262. The lowest BCUT2D eigenvalue weighted by atomic mass is 10.1. The molecular formula is C15H21Cl2FN2O. The molecule has 6 heteroatoms. The number of rotatable bonds is 5. The molecule has 0 aromatic heterocycles. The summed E-state index contributed by atoms with van der Waals surface area (Å²) in [6.07, 6.45) is 0.150. The van der Waals surface area contributed by atoms with E-state index in [0.29, 0.717) is 17.1 Å². The summed E-state index contributed by atoms with van der Waals surface area (Å²) >= 11 is 11.8. The van der Waals surface area contributed by atoms with Crippen LogP contribution in [0.5, 0.6) is 0 Å². The van der Waals surface area contributed by atoms with Crippen LogP contribution < -0.4 is 5.32 Å². The van der Waals surface area contributed by atoms with Gasteiger partial charge in [-0.15, -0.1) is 0 Å². The van der Waals surface area contributed by atoms with Crippen LogP contribution in [0.3, 0.4) is 0 Å². The highest BCUT2D eigenvalue weighted by atomic mass is 35.5. The Balaban J connectivity index is 1.92. The molecule has 2 rings (SSSR count). The number of nitrogens with zero attached hydrogens (tertiary/aromatic N) is 1. The van der Waals surface area contributed by atoms with E-state index >= 15 is 0 Å². The predicted molar refractivity (Wildman–Crippen MR) is 84.7 cm³/mol. The molecule has 118 valence electrons. The highest BCUT2D eigenvalue weighted by Gasteiger charge is 2.20. The van der Waals surface area contributed by atoms with Gasteiger partial charge in [-0.1, -0.05) is 30.1 Å². The maximum absolute atomic E-state index is 13.6. The topological polar surface area (TPSA) is 24.5 Å².